The van der Waals surface area contributed by atoms with Crippen LogP contribution in [0.2, 0.25) is 0 Å². The van der Waals surface area contributed by atoms with Gasteiger partial charge in [0.25, 0.3) is 11.5 Å². The first-order chi connectivity index (χ1) is 14.0. The second kappa shape index (κ2) is 7.50. The van der Waals surface area contributed by atoms with Gasteiger partial charge in [0, 0.05) is 24.7 Å². The molecule has 0 fully saturated rings. The van der Waals surface area contributed by atoms with Crippen molar-refractivity contribution in [2.45, 2.75) is 25.9 Å². The molecule has 1 aliphatic rings. The molecule has 0 aliphatic carbocycles. The largest absolute Gasteiger partial charge is 0.448 e. The highest BCUT2D eigenvalue weighted by Crippen LogP contribution is 2.27. The fraction of sp³-hybridized carbons (Fsp3) is 0.273. The number of esters is 1. The lowest BCUT2D eigenvalue weighted by atomic mass is 10.0. The SMILES string of the molecule is C[C@H](OC(=O)c1nn(C)c(=O)c2ccccc12)C(=O)N1CCCc2ccccc21. The lowest BCUT2D eigenvalue weighted by Gasteiger charge is -2.31. The van der Waals surface area contributed by atoms with Crippen molar-refractivity contribution in [2.75, 3.05) is 11.4 Å². The van der Waals surface area contributed by atoms with Crippen LogP contribution in [0.3, 0.4) is 0 Å². The van der Waals surface area contributed by atoms with Crippen LogP contribution >= 0.6 is 0 Å². The molecule has 0 unspecified atom stereocenters. The van der Waals surface area contributed by atoms with E-state index in [0.717, 1.165) is 28.8 Å². The molecule has 0 radical (unpaired) electrons. The fourth-order valence-electron chi connectivity index (χ4n) is 3.70. The van der Waals surface area contributed by atoms with Gasteiger partial charge in [-0.2, -0.15) is 5.10 Å². The molecule has 0 bridgehead atoms. The average Bonchev–Trinajstić information content (AvgIpc) is 2.75. The number of hydrogen-bond donors (Lipinski definition) is 0. The van der Waals surface area contributed by atoms with Crippen molar-refractivity contribution in [3.05, 3.63) is 70.1 Å². The van der Waals surface area contributed by atoms with Crippen LogP contribution in [0.4, 0.5) is 5.69 Å². The number of benzene rings is 2. The van der Waals surface area contributed by atoms with Gasteiger partial charge in [0.1, 0.15) is 0 Å². The number of para-hydroxylation sites is 1. The molecule has 3 aromatic rings. The van der Waals surface area contributed by atoms with Crippen molar-refractivity contribution >= 4 is 28.3 Å². The Bertz CT molecular complexity index is 1170. The first kappa shape index (κ1) is 18.9. The molecule has 1 aromatic heterocycles. The van der Waals surface area contributed by atoms with E-state index in [1.54, 1.807) is 36.1 Å². The normalized spacial score (nSPS) is 14.3. The van der Waals surface area contributed by atoms with Crippen molar-refractivity contribution in [3.8, 4) is 0 Å². The molecule has 0 saturated carbocycles. The molecule has 4 rings (SSSR count). The topological polar surface area (TPSA) is 81.5 Å². The van der Waals surface area contributed by atoms with Gasteiger partial charge < -0.3 is 9.64 Å². The molecular weight excluding hydrogens is 370 g/mol. The number of rotatable bonds is 3. The Morgan fingerprint density at radius 2 is 1.76 bits per heavy atom. The summed E-state index contributed by atoms with van der Waals surface area (Å²) in [5, 5.41) is 4.85. The molecule has 1 aliphatic heterocycles. The van der Waals surface area contributed by atoms with E-state index in [1.165, 1.54) is 7.05 Å². The van der Waals surface area contributed by atoms with E-state index in [9.17, 15) is 14.4 Å². The molecule has 29 heavy (non-hydrogen) atoms. The highest BCUT2D eigenvalue weighted by Gasteiger charge is 2.29. The van der Waals surface area contributed by atoms with Gasteiger partial charge in [0.2, 0.25) is 0 Å². The monoisotopic (exact) mass is 391 g/mol. The van der Waals surface area contributed by atoms with Crippen molar-refractivity contribution in [1.29, 1.82) is 0 Å². The second-order valence-electron chi connectivity index (χ2n) is 7.09. The lowest BCUT2D eigenvalue weighted by molar-refractivity contribution is -0.126. The first-order valence-electron chi connectivity index (χ1n) is 9.53. The quantitative estimate of drug-likeness (QED) is 0.641. The summed E-state index contributed by atoms with van der Waals surface area (Å²) < 4.78 is 6.56. The fourth-order valence-corrected chi connectivity index (χ4v) is 3.70. The Hall–Kier alpha value is -3.48. The number of fused-ring (bicyclic) bond motifs is 2. The predicted octanol–water partition coefficient (Wildman–Crippen LogP) is 2.46. The van der Waals surface area contributed by atoms with Gasteiger partial charge in [0.05, 0.1) is 5.39 Å². The minimum atomic E-state index is -0.980. The number of aryl methyl sites for hydroxylation is 2. The summed E-state index contributed by atoms with van der Waals surface area (Å²) in [6, 6.07) is 14.5. The summed E-state index contributed by atoms with van der Waals surface area (Å²) in [6.07, 6.45) is 0.796. The van der Waals surface area contributed by atoms with E-state index in [-0.39, 0.29) is 17.2 Å². The van der Waals surface area contributed by atoms with Crippen LogP contribution in [-0.2, 0) is 23.0 Å². The molecule has 1 amide bonds. The van der Waals surface area contributed by atoms with Crippen molar-refractivity contribution < 1.29 is 14.3 Å². The zero-order chi connectivity index (χ0) is 20.5. The van der Waals surface area contributed by atoms with Gasteiger partial charge in [-0.1, -0.05) is 36.4 Å². The number of carbonyl (C=O) groups is 2. The van der Waals surface area contributed by atoms with Crippen molar-refractivity contribution in [2.24, 2.45) is 7.05 Å². The molecule has 7 heteroatoms. The third kappa shape index (κ3) is 3.40. The molecule has 0 N–H and O–H groups in total. The lowest BCUT2D eigenvalue weighted by Crippen LogP contribution is -2.43. The van der Waals surface area contributed by atoms with E-state index in [1.807, 2.05) is 24.3 Å². The van der Waals surface area contributed by atoms with Crippen molar-refractivity contribution in [1.82, 2.24) is 9.78 Å². The van der Waals surface area contributed by atoms with Gasteiger partial charge in [-0.3, -0.25) is 9.59 Å². The predicted molar refractivity (Wildman–Crippen MR) is 109 cm³/mol. The summed E-state index contributed by atoms with van der Waals surface area (Å²) in [5.74, 6) is -1.01. The smallest absolute Gasteiger partial charge is 0.360 e. The minimum absolute atomic E-state index is 0.0152. The number of hydrogen-bond acceptors (Lipinski definition) is 5. The molecule has 2 aromatic carbocycles. The standard InChI is InChI=1S/C22H21N3O4/c1-14(20(26)25-13-7-9-15-8-3-6-12-18(15)25)29-22(28)19-16-10-4-5-11-17(16)21(27)24(2)23-19/h3-6,8,10-12,14H,7,9,13H2,1-2H3/t14-/m0/s1. The van der Waals surface area contributed by atoms with E-state index in [2.05, 4.69) is 5.10 Å². The van der Waals surface area contributed by atoms with Gasteiger partial charge in [-0.15, -0.1) is 0 Å². The summed E-state index contributed by atoms with van der Waals surface area (Å²) in [4.78, 5) is 39.7. The van der Waals surface area contributed by atoms with Crippen LogP contribution in [0, 0.1) is 0 Å². The maximum absolute atomic E-state index is 13.0. The summed E-state index contributed by atoms with van der Waals surface area (Å²) in [6.45, 7) is 2.14. The second-order valence-corrected chi connectivity index (χ2v) is 7.09. The molecular formula is C22H21N3O4. The van der Waals surface area contributed by atoms with Crippen LogP contribution < -0.4 is 10.5 Å². The summed E-state index contributed by atoms with van der Waals surface area (Å²) >= 11 is 0. The zero-order valence-electron chi connectivity index (χ0n) is 16.3. The Balaban J connectivity index is 1.60. The number of anilines is 1. The number of ether oxygens (including phenoxy) is 1. The zero-order valence-corrected chi connectivity index (χ0v) is 16.3. The van der Waals surface area contributed by atoms with Gasteiger partial charge >= 0.3 is 5.97 Å². The van der Waals surface area contributed by atoms with Crippen LogP contribution in [0.15, 0.2) is 53.3 Å². The Morgan fingerprint density at radius 1 is 1.07 bits per heavy atom. The minimum Gasteiger partial charge on any atom is -0.448 e. The number of carbonyl (C=O) groups excluding carboxylic acids is 2. The summed E-state index contributed by atoms with van der Waals surface area (Å²) in [7, 11) is 1.48. The first-order valence-corrected chi connectivity index (χ1v) is 9.53. The van der Waals surface area contributed by atoms with Crippen LogP contribution in [0.25, 0.3) is 10.8 Å². The van der Waals surface area contributed by atoms with Gasteiger partial charge in [0.15, 0.2) is 11.8 Å². The number of aromatic nitrogens is 2. The van der Waals surface area contributed by atoms with Gasteiger partial charge in [-0.25, -0.2) is 9.48 Å². The maximum Gasteiger partial charge on any atom is 0.360 e. The van der Waals surface area contributed by atoms with E-state index in [0.29, 0.717) is 17.3 Å². The van der Waals surface area contributed by atoms with Crippen LogP contribution in [0.5, 0.6) is 0 Å². The Morgan fingerprint density at radius 3 is 2.55 bits per heavy atom. The number of amides is 1. The molecule has 0 saturated heterocycles. The number of nitrogens with zero attached hydrogens (tertiary/aromatic N) is 3. The summed E-state index contributed by atoms with van der Waals surface area (Å²) in [5.41, 5.74) is 1.68. The van der Waals surface area contributed by atoms with E-state index in [4.69, 9.17) is 4.74 Å². The molecule has 1 atom stereocenters. The van der Waals surface area contributed by atoms with E-state index < -0.39 is 12.1 Å². The average molecular weight is 391 g/mol. The molecule has 2 heterocycles. The third-order valence-electron chi connectivity index (χ3n) is 5.16. The highest BCUT2D eigenvalue weighted by atomic mass is 16.5. The van der Waals surface area contributed by atoms with Crippen LogP contribution in [0.1, 0.15) is 29.4 Å². The molecule has 148 valence electrons. The maximum atomic E-state index is 13.0. The Kier molecular flexibility index (Phi) is 4.88. The van der Waals surface area contributed by atoms with Crippen LogP contribution in [-0.4, -0.2) is 34.3 Å². The van der Waals surface area contributed by atoms with Gasteiger partial charge in [-0.05, 0) is 37.5 Å². The highest BCUT2D eigenvalue weighted by molar-refractivity contribution is 6.04. The Labute approximate surface area is 167 Å². The third-order valence-corrected chi connectivity index (χ3v) is 5.16. The van der Waals surface area contributed by atoms with E-state index >= 15 is 0 Å². The van der Waals surface area contributed by atoms with Crippen molar-refractivity contribution in [3.63, 3.8) is 0 Å². The molecule has 0 spiro atoms. The molecule has 7 nitrogen and oxygen atoms in total.